The van der Waals surface area contributed by atoms with Gasteiger partial charge in [-0.3, -0.25) is 14.4 Å². The number of aliphatic hydroxyl groups excluding tert-OH is 1. The molecule has 0 aliphatic rings. The summed E-state index contributed by atoms with van der Waals surface area (Å²) < 4.78 is 0. The summed E-state index contributed by atoms with van der Waals surface area (Å²) in [6, 6.07) is 9.61. The van der Waals surface area contributed by atoms with Crippen LogP contribution in [0.4, 0.5) is 0 Å². The van der Waals surface area contributed by atoms with Crippen LogP contribution < -0.4 is 21.7 Å². The first kappa shape index (κ1) is 29.6. The van der Waals surface area contributed by atoms with E-state index >= 15 is 0 Å². The van der Waals surface area contributed by atoms with Crippen LogP contribution in [0.1, 0.15) is 18.1 Å². The number of nitrogens with two attached hydrogens (primary N) is 1. The van der Waals surface area contributed by atoms with Crippen LogP contribution in [-0.4, -0.2) is 75.0 Å². The Morgan fingerprint density at radius 1 is 0.838 bits per heavy atom. The molecule has 0 saturated heterocycles. The molecule has 0 aliphatic heterocycles. The molecule has 2 aromatic carbocycles. The first-order valence-corrected chi connectivity index (χ1v) is 12.1. The summed E-state index contributed by atoms with van der Waals surface area (Å²) in [7, 11) is 0. The molecular formula is C25H32N4O7S. The van der Waals surface area contributed by atoms with Crippen molar-refractivity contribution in [1.29, 1.82) is 0 Å². The van der Waals surface area contributed by atoms with Gasteiger partial charge in [0.25, 0.3) is 0 Å². The van der Waals surface area contributed by atoms with Gasteiger partial charge < -0.3 is 37.0 Å². The number of carboxylic acid groups (broad SMARTS) is 1. The number of hydrogen-bond donors (Lipinski definition) is 8. The fourth-order valence-electron chi connectivity index (χ4n) is 3.41. The number of nitrogens with one attached hydrogen (secondary N) is 3. The van der Waals surface area contributed by atoms with E-state index in [2.05, 4.69) is 28.6 Å². The van der Waals surface area contributed by atoms with Gasteiger partial charge in [-0.1, -0.05) is 42.5 Å². The van der Waals surface area contributed by atoms with Gasteiger partial charge in [-0.25, -0.2) is 4.79 Å². The molecule has 0 saturated carbocycles. The van der Waals surface area contributed by atoms with E-state index in [1.807, 2.05) is 0 Å². The standard InChI is InChI=1S/C25H32N4O7S/c1-14(30)21(29-22(32)18(26)13-37)24(34)27-19(11-15-5-3-2-4-6-15)23(33)28-20(25(35)36)12-16-7-9-17(31)10-8-16/h2-10,14,18-21,30-31,37H,11-13,26H2,1H3,(H,27,34)(H,28,33)(H,29,32)(H,35,36). The lowest BCUT2D eigenvalue weighted by atomic mass is 10.0. The van der Waals surface area contributed by atoms with Crippen molar-refractivity contribution >= 4 is 36.3 Å². The van der Waals surface area contributed by atoms with Gasteiger partial charge in [-0.05, 0) is 30.2 Å². The third kappa shape index (κ3) is 9.41. The summed E-state index contributed by atoms with van der Waals surface area (Å²) in [5, 5.41) is 36.5. The van der Waals surface area contributed by atoms with Crippen molar-refractivity contribution in [2.75, 3.05) is 5.75 Å². The number of carbonyl (C=O) groups is 4. The molecule has 8 N–H and O–H groups in total. The van der Waals surface area contributed by atoms with Crippen LogP contribution in [0.5, 0.6) is 5.75 Å². The minimum Gasteiger partial charge on any atom is -0.508 e. The summed E-state index contributed by atoms with van der Waals surface area (Å²) in [5.41, 5.74) is 6.88. The van der Waals surface area contributed by atoms with Crippen LogP contribution in [0.15, 0.2) is 54.6 Å². The van der Waals surface area contributed by atoms with Crippen molar-refractivity contribution in [2.24, 2.45) is 5.73 Å². The van der Waals surface area contributed by atoms with E-state index in [-0.39, 0.29) is 24.3 Å². The predicted octanol–water partition coefficient (Wildman–Crippen LogP) is -0.646. The summed E-state index contributed by atoms with van der Waals surface area (Å²) in [5.74, 6) is -3.60. The van der Waals surface area contributed by atoms with Crippen molar-refractivity contribution in [3.05, 3.63) is 65.7 Å². The van der Waals surface area contributed by atoms with Crippen LogP contribution in [-0.2, 0) is 32.0 Å². The topological polar surface area (TPSA) is 191 Å². The predicted molar refractivity (Wildman–Crippen MR) is 139 cm³/mol. The fraction of sp³-hybridized carbons (Fsp3) is 0.360. The highest BCUT2D eigenvalue weighted by Crippen LogP contribution is 2.12. The second-order valence-electron chi connectivity index (χ2n) is 8.54. The fourth-order valence-corrected chi connectivity index (χ4v) is 3.57. The van der Waals surface area contributed by atoms with Gasteiger partial charge in [0.1, 0.15) is 23.9 Å². The van der Waals surface area contributed by atoms with Crippen molar-refractivity contribution < 1.29 is 34.5 Å². The van der Waals surface area contributed by atoms with E-state index in [0.29, 0.717) is 11.1 Å². The Bertz CT molecular complexity index is 1070. The van der Waals surface area contributed by atoms with E-state index in [1.54, 1.807) is 30.3 Å². The second kappa shape index (κ2) is 14.2. The minimum absolute atomic E-state index is 0.0105. The number of aromatic hydroxyl groups is 1. The largest absolute Gasteiger partial charge is 0.508 e. The molecule has 0 heterocycles. The second-order valence-corrected chi connectivity index (χ2v) is 8.90. The Morgan fingerprint density at radius 3 is 1.92 bits per heavy atom. The van der Waals surface area contributed by atoms with Gasteiger partial charge >= 0.3 is 5.97 Å². The Labute approximate surface area is 219 Å². The highest BCUT2D eigenvalue weighted by Gasteiger charge is 2.32. The van der Waals surface area contributed by atoms with E-state index in [0.717, 1.165) is 0 Å². The molecule has 11 nitrogen and oxygen atoms in total. The Hall–Kier alpha value is -3.61. The molecule has 0 bridgehead atoms. The molecule has 200 valence electrons. The monoisotopic (exact) mass is 532 g/mol. The van der Waals surface area contributed by atoms with Gasteiger partial charge in [0.2, 0.25) is 17.7 Å². The zero-order valence-corrected chi connectivity index (χ0v) is 21.1. The first-order chi connectivity index (χ1) is 17.5. The lowest BCUT2D eigenvalue weighted by molar-refractivity contribution is -0.142. The smallest absolute Gasteiger partial charge is 0.326 e. The van der Waals surface area contributed by atoms with E-state index in [1.165, 1.54) is 31.2 Å². The third-order valence-corrected chi connectivity index (χ3v) is 5.90. The Balaban J connectivity index is 2.23. The Kier molecular flexibility index (Phi) is 11.4. The SMILES string of the molecule is CC(O)C(NC(=O)C(N)CS)C(=O)NC(Cc1ccccc1)C(=O)NC(Cc1ccc(O)cc1)C(=O)O. The van der Waals surface area contributed by atoms with Crippen molar-refractivity contribution in [2.45, 2.75) is 50.0 Å². The number of rotatable bonds is 13. The molecule has 3 amide bonds. The molecule has 2 aromatic rings. The number of benzene rings is 2. The molecule has 2 rings (SSSR count). The summed E-state index contributed by atoms with van der Waals surface area (Å²) >= 11 is 3.95. The number of hydrogen-bond acceptors (Lipinski definition) is 8. The van der Waals surface area contributed by atoms with Crippen LogP contribution in [0, 0.1) is 0 Å². The molecule has 37 heavy (non-hydrogen) atoms. The van der Waals surface area contributed by atoms with E-state index in [9.17, 15) is 34.5 Å². The molecule has 0 spiro atoms. The maximum Gasteiger partial charge on any atom is 0.326 e. The van der Waals surface area contributed by atoms with Gasteiger partial charge in [0.15, 0.2) is 0 Å². The van der Waals surface area contributed by atoms with Gasteiger partial charge in [0, 0.05) is 18.6 Å². The summed E-state index contributed by atoms with van der Waals surface area (Å²) in [6.45, 7) is 1.29. The van der Waals surface area contributed by atoms with Crippen LogP contribution in [0.2, 0.25) is 0 Å². The molecule has 12 heteroatoms. The number of phenols is 1. The zero-order valence-electron chi connectivity index (χ0n) is 20.2. The quantitative estimate of drug-likeness (QED) is 0.156. The number of aliphatic carboxylic acids is 1. The number of aliphatic hydroxyl groups is 1. The third-order valence-electron chi connectivity index (χ3n) is 5.50. The molecule has 0 fully saturated rings. The highest BCUT2D eigenvalue weighted by molar-refractivity contribution is 7.80. The van der Waals surface area contributed by atoms with Crippen LogP contribution >= 0.6 is 12.6 Å². The van der Waals surface area contributed by atoms with E-state index in [4.69, 9.17) is 5.73 Å². The molecule has 0 aromatic heterocycles. The maximum atomic E-state index is 13.2. The number of thiol groups is 1. The number of carbonyl (C=O) groups excluding carboxylic acids is 3. The summed E-state index contributed by atoms with van der Waals surface area (Å²) in [6.07, 6.45) is -1.38. The Morgan fingerprint density at radius 2 is 1.38 bits per heavy atom. The average Bonchev–Trinajstić information content (AvgIpc) is 2.87. The van der Waals surface area contributed by atoms with Crippen molar-refractivity contribution in [3.63, 3.8) is 0 Å². The molecule has 0 aliphatic carbocycles. The minimum atomic E-state index is -1.42. The lowest BCUT2D eigenvalue weighted by Gasteiger charge is -2.26. The van der Waals surface area contributed by atoms with Gasteiger partial charge in [-0.2, -0.15) is 12.6 Å². The normalized spacial score (nSPS) is 14.9. The van der Waals surface area contributed by atoms with E-state index < -0.39 is 54.0 Å². The van der Waals surface area contributed by atoms with Crippen molar-refractivity contribution in [1.82, 2.24) is 16.0 Å². The molecule has 0 radical (unpaired) electrons. The average molecular weight is 533 g/mol. The lowest BCUT2D eigenvalue weighted by Crippen LogP contribution is -2.60. The van der Waals surface area contributed by atoms with Crippen molar-refractivity contribution in [3.8, 4) is 5.75 Å². The molecule has 5 atom stereocenters. The van der Waals surface area contributed by atoms with Gasteiger partial charge in [-0.15, -0.1) is 0 Å². The number of phenolic OH excluding ortho intramolecular Hbond substituents is 1. The molecular weight excluding hydrogens is 500 g/mol. The zero-order chi connectivity index (χ0) is 27.5. The number of amides is 3. The molecule has 5 unspecified atom stereocenters. The number of carboxylic acids is 1. The summed E-state index contributed by atoms with van der Waals surface area (Å²) in [4.78, 5) is 50.3. The van der Waals surface area contributed by atoms with Gasteiger partial charge in [0.05, 0.1) is 12.1 Å². The van der Waals surface area contributed by atoms with Crippen LogP contribution in [0.25, 0.3) is 0 Å². The maximum absolute atomic E-state index is 13.2. The highest BCUT2D eigenvalue weighted by atomic mass is 32.1. The van der Waals surface area contributed by atoms with Crippen LogP contribution in [0.3, 0.4) is 0 Å². The first-order valence-electron chi connectivity index (χ1n) is 11.5.